The van der Waals surface area contributed by atoms with Crippen molar-refractivity contribution in [3.05, 3.63) is 53.9 Å². The van der Waals surface area contributed by atoms with Crippen LogP contribution in [0, 0.1) is 11.8 Å². The summed E-state index contributed by atoms with van der Waals surface area (Å²) >= 11 is 0. The molecule has 5 heteroatoms. The first-order valence-corrected chi connectivity index (χ1v) is 12.7. The second-order valence-corrected chi connectivity index (χ2v) is 10.1. The molecule has 0 spiro atoms. The van der Waals surface area contributed by atoms with Crippen LogP contribution in [0.5, 0.6) is 0 Å². The van der Waals surface area contributed by atoms with Crippen molar-refractivity contribution in [1.29, 1.82) is 0 Å². The van der Waals surface area contributed by atoms with Crippen molar-refractivity contribution < 1.29 is 9.53 Å². The molecule has 3 aliphatic rings. The van der Waals surface area contributed by atoms with Crippen molar-refractivity contribution in [2.24, 2.45) is 11.8 Å². The lowest BCUT2D eigenvalue weighted by Crippen LogP contribution is -2.51. The lowest BCUT2D eigenvalue weighted by molar-refractivity contribution is -0.140. The summed E-state index contributed by atoms with van der Waals surface area (Å²) in [6, 6.07) is 13.1. The fourth-order valence-corrected chi connectivity index (χ4v) is 6.11. The number of ether oxygens (including phenoxy) is 1. The zero-order valence-corrected chi connectivity index (χ0v) is 19.3. The van der Waals surface area contributed by atoms with E-state index in [1.807, 2.05) is 6.20 Å². The molecule has 1 aliphatic heterocycles. The summed E-state index contributed by atoms with van der Waals surface area (Å²) in [5.74, 6) is 2.13. The highest BCUT2D eigenvalue weighted by Crippen LogP contribution is 2.44. The van der Waals surface area contributed by atoms with Gasteiger partial charge < -0.3 is 9.64 Å². The molecule has 3 fully saturated rings. The van der Waals surface area contributed by atoms with E-state index in [1.54, 1.807) is 0 Å². The monoisotopic (exact) mass is 435 g/mol. The Bertz CT molecular complexity index is 860. The van der Waals surface area contributed by atoms with E-state index in [1.165, 1.54) is 18.4 Å². The number of rotatable bonds is 7. The molecule has 1 saturated heterocycles. The molecule has 5 nitrogen and oxygen atoms in total. The Morgan fingerprint density at radius 3 is 2.62 bits per heavy atom. The molecule has 32 heavy (non-hydrogen) atoms. The topological polar surface area (TPSA) is 58.2 Å². The van der Waals surface area contributed by atoms with Gasteiger partial charge in [0, 0.05) is 30.3 Å². The van der Waals surface area contributed by atoms with Crippen LogP contribution in [0.2, 0.25) is 0 Å². The highest BCUT2D eigenvalue weighted by Gasteiger charge is 2.47. The zero-order chi connectivity index (χ0) is 21.9. The molecule has 1 amide bonds. The first-order valence-electron chi connectivity index (χ1n) is 12.7. The van der Waals surface area contributed by atoms with Crippen molar-refractivity contribution in [1.82, 2.24) is 15.1 Å². The normalized spacial score (nSPS) is 32.6. The van der Waals surface area contributed by atoms with E-state index in [9.17, 15) is 4.79 Å². The van der Waals surface area contributed by atoms with Crippen LogP contribution >= 0.6 is 0 Å². The number of aromatic amines is 1. The summed E-state index contributed by atoms with van der Waals surface area (Å²) in [5.41, 5.74) is 2.61. The first-order chi connectivity index (χ1) is 15.7. The predicted octanol–water partition coefficient (Wildman–Crippen LogP) is 5.27. The summed E-state index contributed by atoms with van der Waals surface area (Å²) in [5, 5.41) is 7.37. The van der Waals surface area contributed by atoms with Crippen molar-refractivity contribution in [2.45, 2.75) is 82.3 Å². The van der Waals surface area contributed by atoms with Crippen molar-refractivity contribution >= 4 is 5.91 Å². The lowest BCUT2D eigenvalue weighted by atomic mass is 9.82. The summed E-state index contributed by atoms with van der Waals surface area (Å²) < 4.78 is 6.54. The second-order valence-electron chi connectivity index (χ2n) is 10.1. The SMILES string of the molecule is CC[C@H]1C[C@@H]1C(=O)N1CCCC(c2ccn[nH]2)[C@@H]1COC1CCC(c2ccccc2)CC1. The largest absolute Gasteiger partial charge is 0.376 e. The van der Waals surface area contributed by atoms with Gasteiger partial charge in [0.15, 0.2) is 0 Å². The number of benzene rings is 1. The molecule has 0 radical (unpaired) electrons. The number of carbonyl (C=O) groups excluding carboxylic acids is 1. The van der Waals surface area contributed by atoms with Crippen molar-refractivity contribution in [3.8, 4) is 0 Å². The number of piperidine rings is 1. The molecular weight excluding hydrogens is 398 g/mol. The van der Waals surface area contributed by atoms with E-state index >= 15 is 0 Å². The van der Waals surface area contributed by atoms with Crippen LogP contribution in [0.1, 0.15) is 81.4 Å². The van der Waals surface area contributed by atoms with Gasteiger partial charge in [-0.3, -0.25) is 9.89 Å². The van der Waals surface area contributed by atoms with Gasteiger partial charge in [0.25, 0.3) is 0 Å². The quantitative estimate of drug-likeness (QED) is 0.644. The van der Waals surface area contributed by atoms with E-state index in [2.05, 4.69) is 58.4 Å². The highest BCUT2D eigenvalue weighted by atomic mass is 16.5. The van der Waals surface area contributed by atoms with Crippen LogP contribution in [-0.4, -0.2) is 46.3 Å². The van der Waals surface area contributed by atoms with Gasteiger partial charge in [-0.2, -0.15) is 5.10 Å². The molecule has 2 saturated carbocycles. The van der Waals surface area contributed by atoms with Gasteiger partial charge in [-0.05, 0) is 68.4 Å². The Morgan fingerprint density at radius 1 is 1.12 bits per heavy atom. The summed E-state index contributed by atoms with van der Waals surface area (Å²) in [6.45, 7) is 3.71. The van der Waals surface area contributed by atoms with Crippen LogP contribution in [0.4, 0.5) is 0 Å². The number of hydrogen-bond donors (Lipinski definition) is 1. The number of hydrogen-bond acceptors (Lipinski definition) is 3. The van der Waals surface area contributed by atoms with Gasteiger partial charge in [-0.15, -0.1) is 0 Å². The summed E-state index contributed by atoms with van der Waals surface area (Å²) in [7, 11) is 0. The van der Waals surface area contributed by atoms with Crippen LogP contribution in [0.3, 0.4) is 0 Å². The average Bonchev–Trinajstić information content (AvgIpc) is 3.45. The van der Waals surface area contributed by atoms with E-state index in [0.717, 1.165) is 50.8 Å². The first kappa shape index (κ1) is 21.7. The van der Waals surface area contributed by atoms with E-state index in [-0.39, 0.29) is 17.9 Å². The minimum atomic E-state index is 0.113. The maximum atomic E-state index is 13.4. The molecule has 2 aliphatic carbocycles. The van der Waals surface area contributed by atoms with Gasteiger partial charge in [0.05, 0.1) is 18.8 Å². The second kappa shape index (κ2) is 9.78. The molecule has 2 aromatic rings. The van der Waals surface area contributed by atoms with Gasteiger partial charge in [-0.1, -0.05) is 43.7 Å². The molecule has 1 N–H and O–H groups in total. The molecule has 0 bridgehead atoms. The molecule has 4 atom stereocenters. The number of nitrogens with one attached hydrogen (secondary N) is 1. The standard InChI is InChI=1S/C27H37N3O2/c1-2-19-17-24(19)27(31)30-16-6-9-23(25-14-15-28-29-25)26(30)18-32-22-12-10-21(11-13-22)20-7-4-3-5-8-20/h3-5,7-8,14-15,19,21-24,26H,2,6,9-13,16-18H2,1H3,(H,28,29)/t19-,21?,22?,23?,24-,26-/m0/s1. The Hall–Kier alpha value is -2.14. The number of amides is 1. The Morgan fingerprint density at radius 2 is 1.94 bits per heavy atom. The third kappa shape index (κ3) is 4.63. The average molecular weight is 436 g/mol. The molecule has 1 unspecified atom stereocenters. The van der Waals surface area contributed by atoms with Gasteiger partial charge in [-0.25, -0.2) is 0 Å². The molecule has 1 aromatic carbocycles. The third-order valence-corrected chi connectivity index (χ3v) is 8.20. The highest BCUT2D eigenvalue weighted by molar-refractivity contribution is 5.82. The maximum Gasteiger partial charge on any atom is 0.226 e. The molecule has 172 valence electrons. The van der Waals surface area contributed by atoms with Crippen molar-refractivity contribution in [2.75, 3.05) is 13.2 Å². The fourth-order valence-electron chi connectivity index (χ4n) is 6.11. The lowest BCUT2D eigenvalue weighted by Gasteiger charge is -2.42. The number of nitrogens with zero attached hydrogens (tertiary/aromatic N) is 2. The molecule has 2 heterocycles. The predicted molar refractivity (Wildman–Crippen MR) is 125 cm³/mol. The zero-order valence-electron chi connectivity index (χ0n) is 19.3. The van der Waals surface area contributed by atoms with E-state index < -0.39 is 0 Å². The van der Waals surface area contributed by atoms with E-state index in [0.29, 0.717) is 30.5 Å². The van der Waals surface area contributed by atoms with Crippen molar-refractivity contribution in [3.63, 3.8) is 0 Å². The van der Waals surface area contributed by atoms with Crippen LogP contribution in [-0.2, 0) is 9.53 Å². The maximum absolute atomic E-state index is 13.4. The number of H-pyrrole nitrogens is 1. The third-order valence-electron chi connectivity index (χ3n) is 8.20. The number of aromatic nitrogens is 2. The Labute approximate surface area is 191 Å². The smallest absolute Gasteiger partial charge is 0.226 e. The van der Waals surface area contributed by atoms with Crippen LogP contribution in [0.15, 0.2) is 42.6 Å². The van der Waals surface area contributed by atoms with Crippen LogP contribution in [0.25, 0.3) is 0 Å². The van der Waals surface area contributed by atoms with E-state index in [4.69, 9.17) is 4.74 Å². The molecule has 1 aromatic heterocycles. The van der Waals surface area contributed by atoms with Gasteiger partial charge in [0.1, 0.15) is 0 Å². The van der Waals surface area contributed by atoms with Crippen LogP contribution < -0.4 is 0 Å². The number of carbonyl (C=O) groups is 1. The Kier molecular flexibility index (Phi) is 6.63. The Balaban J connectivity index is 1.23. The van der Waals surface area contributed by atoms with Gasteiger partial charge >= 0.3 is 0 Å². The summed E-state index contributed by atoms with van der Waals surface area (Å²) in [6.07, 6.45) is 11.0. The summed E-state index contributed by atoms with van der Waals surface area (Å²) in [4.78, 5) is 15.5. The minimum Gasteiger partial charge on any atom is -0.376 e. The fraction of sp³-hybridized carbons (Fsp3) is 0.630. The number of likely N-dealkylation sites (tertiary alicyclic amines) is 1. The van der Waals surface area contributed by atoms with Gasteiger partial charge in [0.2, 0.25) is 5.91 Å². The molecular formula is C27H37N3O2. The minimum absolute atomic E-state index is 0.113. The molecule has 5 rings (SSSR count).